The number of methoxy groups -OCH3 is 1. The standard InChI is InChI=1S/C18H28N2O/c1-21-17(16-10-6-3-7-11-16)18-19-12-13-20(18)14-15-8-4-2-5-9-15/h3,6,10,15,17H,2,4-5,7-9,11-14H2,1H3. The molecule has 1 fully saturated rings. The Labute approximate surface area is 128 Å². The average molecular weight is 288 g/mol. The Morgan fingerprint density at radius 2 is 2.19 bits per heavy atom. The molecule has 0 bridgehead atoms. The minimum atomic E-state index is 0.0704. The minimum Gasteiger partial charge on any atom is -0.369 e. The van der Waals surface area contributed by atoms with E-state index in [2.05, 4.69) is 23.1 Å². The Morgan fingerprint density at radius 3 is 2.90 bits per heavy atom. The molecule has 0 aromatic carbocycles. The topological polar surface area (TPSA) is 24.8 Å². The van der Waals surface area contributed by atoms with Gasteiger partial charge in [0.05, 0.1) is 6.54 Å². The van der Waals surface area contributed by atoms with Crippen LogP contribution in [0.4, 0.5) is 0 Å². The van der Waals surface area contributed by atoms with E-state index < -0.39 is 0 Å². The summed E-state index contributed by atoms with van der Waals surface area (Å²) in [4.78, 5) is 7.28. The Bertz CT molecular complexity index is 432. The van der Waals surface area contributed by atoms with Crippen LogP contribution in [0.1, 0.15) is 44.9 Å². The van der Waals surface area contributed by atoms with Crippen molar-refractivity contribution in [1.29, 1.82) is 0 Å². The maximum absolute atomic E-state index is 5.82. The highest BCUT2D eigenvalue weighted by atomic mass is 16.5. The van der Waals surface area contributed by atoms with E-state index in [9.17, 15) is 0 Å². The van der Waals surface area contributed by atoms with Crippen molar-refractivity contribution in [3.63, 3.8) is 0 Å². The molecule has 0 spiro atoms. The zero-order valence-corrected chi connectivity index (χ0v) is 13.3. The van der Waals surface area contributed by atoms with Gasteiger partial charge in [-0.3, -0.25) is 4.99 Å². The lowest BCUT2D eigenvalue weighted by Crippen LogP contribution is -2.41. The average Bonchev–Trinajstić information content (AvgIpc) is 2.98. The molecule has 3 heteroatoms. The molecule has 1 unspecified atom stereocenters. The van der Waals surface area contributed by atoms with Gasteiger partial charge in [0.1, 0.15) is 11.9 Å². The van der Waals surface area contributed by atoms with E-state index in [0.29, 0.717) is 0 Å². The SMILES string of the molecule is COC(C1=CC=CCC1)C1=NCCN1CC1CCCCC1. The predicted molar refractivity (Wildman–Crippen MR) is 87.7 cm³/mol. The maximum atomic E-state index is 5.82. The highest BCUT2D eigenvalue weighted by molar-refractivity contribution is 5.90. The Kier molecular flexibility index (Phi) is 5.13. The van der Waals surface area contributed by atoms with Crippen LogP contribution in [0.3, 0.4) is 0 Å². The smallest absolute Gasteiger partial charge is 0.135 e. The fourth-order valence-electron chi connectivity index (χ4n) is 3.88. The van der Waals surface area contributed by atoms with Crippen LogP contribution in [0.5, 0.6) is 0 Å². The highest BCUT2D eigenvalue weighted by Crippen LogP contribution is 2.27. The number of aliphatic imine (C=N–C) groups is 1. The van der Waals surface area contributed by atoms with Crippen LogP contribution in [0.2, 0.25) is 0 Å². The highest BCUT2D eigenvalue weighted by Gasteiger charge is 2.30. The van der Waals surface area contributed by atoms with Crippen molar-refractivity contribution < 1.29 is 4.74 Å². The molecule has 1 heterocycles. The summed E-state index contributed by atoms with van der Waals surface area (Å²) in [5.41, 5.74) is 1.38. The quantitative estimate of drug-likeness (QED) is 0.772. The molecule has 3 aliphatic rings. The van der Waals surface area contributed by atoms with Crippen molar-refractivity contribution >= 4 is 5.84 Å². The second-order valence-corrected chi connectivity index (χ2v) is 6.51. The third-order valence-electron chi connectivity index (χ3n) is 5.02. The van der Waals surface area contributed by atoms with E-state index in [1.807, 2.05) is 7.11 Å². The van der Waals surface area contributed by atoms with Gasteiger partial charge in [-0.05, 0) is 37.2 Å². The van der Waals surface area contributed by atoms with E-state index in [1.54, 1.807) is 0 Å². The molecule has 3 nitrogen and oxygen atoms in total. The molecule has 0 aromatic heterocycles. The largest absolute Gasteiger partial charge is 0.369 e. The fraction of sp³-hybridized carbons (Fsp3) is 0.722. The number of hydrogen-bond donors (Lipinski definition) is 0. The lowest BCUT2D eigenvalue weighted by atomic mass is 9.88. The summed E-state index contributed by atoms with van der Waals surface area (Å²) >= 11 is 0. The number of rotatable bonds is 5. The van der Waals surface area contributed by atoms with E-state index >= 15 is 0 Å². The van der Waals surface area contributed by atoms with E-state index in [4.69, 9.17) is 9.73 Å². The summed E-state index contributed by atoms with van der Waals surface area (Å²) in [6, 6.07) is 0. The zero-order valence-electron chi connectivity index (χ0n) is 13.3. The molecule has 21 heavy (non-hydrogen) atoms. The number of ether oxygens (including phenoxy) is 1. The summed E-state index contributed by atoms with van der Waals surface area (Å²) in [5.74, 6) is 2.05. The van der Waals surface area contributed by atoms with Gasteiger partial charge in [-0.2, -0.15) is 0 Å². The van der Waals surface area contributed by atoms with Crippen LogP contribution in [0, 0.1) is 5.92 Å². The number of nitrogens with zero attached hydrogens (tertiary/aromatic N) is 2. The predicted octanol–water partition coefficient (Wildman–Crippen LogP) is 3.57. The van der Waals surface area contributed by atoms with Crippen molar-refractivity contribution in [2.45, 2.75) is 51.0 Å². The summed E-state index contributed by atoms with van der Waals surface area (Å²) in [6.45, 7) is 3.20. The van der Waals surface area contributed by atoms with E-state index in [0.717, 1.165) is 31.8 Å². The van der Waals surface area contributed by atoms with Gasteiger partial charge < -0.3 is 9.64 Å². The molecular weight excluding hydrogens is 260 g/mol. The van der Waals surface area contributed by atoms with Crippen molar-refractivity contribution in [2.75, 3.05) is 26.7 Å². The molecule has 0 N–H and O–H groups in total. The number of allylic oxidation sites excluding steroid dienone is 3. The number of hydrogen-bond acceptors (Lipinski definition) is 3. The fourth-order valence-corrected chi connectivity index (χ4v) is 3.88. The molecule has 116 valence electrons. The molecule has 0 aromatic rings. The molecule has 0 saturated heterocycles. The van der Waals surface area contributed by atoms with Gasteiger partial charge in [-0.25, -0.2) is 0 Å². The zero-order chi connectivity index (χ0) is 14.5. The minimum absolute atomic E-state index is 0.0704. The second-order valence-electron chi connectivity index (χ2n) is 6.51. The molecular formula is C18H28N2O. The third-order valence-corrected chi connectivity index (χ3v) is 5.02. The lowest BCUT2D eigenvalue weighted by molar-refractivity contribution is 0.164. The lowest BCUT2D eigenvalue weighted by Gasteiger charge is -2.32. The van der Waals surface area contributed by atoms with E-state index in [-0.39, 0.29) is 6.10 Å². The van der Waals surface area contributed by atoms with Crippen molar-refractivity contribution in [3.05, 3.63) is 23.8 Å². The Morgan fingerprint density at radius 1 is 1.33 bits per heavy atom. The van der Waals surface area contributed by atoms with Crippen LogP contribution in [0.25, 0.3) is 0 Å². The first-order valence-electron chi connectivity index (χ1n) is 8.56. The molecule has 3 rings (SSSR count). The van der Waals surface area contributed by atoms with Gasteiger partial charge in [-0.1, -0.05) is 37.5 Å². The van der Waals surface area contributed by atoms with Gasteiger partial charge in [0.2, 0.25) is 0 Å². The monoisotopic (exact) mass is 288 g/mol. The molecule has 1 saturated carbocycles. The van der Waals surface area contributed by atoms with Crippen LogP contribution in [-0.4, -0.2) is 43.6 Å². The first-order chi connectivity index (χ1) is 10.4. The van der Waals surface area contributed by atoms with Gasteiger partial charge in [0, 0.05) is 20.2 Å². The summed E-state index contributed by atoms with van der Waals surface area (Å²) in [6.07, 6.45) is 15.9. The van der Waals surface area contributed by atoms with Gasteiger partial charge in [0.15, 0.2) is 0 Å². The maximum Gasteiger partial charge on any atom is 0.135 e. The number of amidine groups is 1. The summed E-state index contributed by atoms with van der Waals surface area (Å²) in [7, 11) is 1.82. The first kappa shape index (κ1) is 14.8. The molecule has 0 amide bonds. The van der Waals surface area contributed by atoms with Crippen LogP contribution < -0.4 is 0 Å². The van der Waals surface area contributed by atoms with Crippen molar-refractivity contribution in [1.82, 2.24) is 4.90 Å². The Balaban J connectivity index is 1.66. The molecule has 0 radical (unpaired) electrons. The summed E-state index contributed by atoms with van der Waals surface area (Å²) < 4.78 is 5.82. The van der Waals surface area contributed by atoms with Gasteiger partial charge >= 0.3 is 0 Å². The normalized spacial score (nSPS) is 24.9. The van der Waals surface area contributed by atoms with Crippen molar-refractivity contribution in [3.8, 4) is 0 Å². The van der Waals surface area contributed by atoms with Gasteiger partial charge in [-0.15, -0.1) is 0 Å². The van der Waals surface area contributed by atoms with E-state index in [1.165, 1.54) is 50.1 Å². The van der Waals surface area contributed by atoms with Crippen LogP contribution >= 0.6 is 0 Å². The van der Waals surface area contributed by atoms with Crippen LogP contribution in [-0.2, 0) is 4.74 Å². The van der Waals surface area contributed by atoms with Crippen molar-refractivity contribution in [2.24, 2.45) is 10.9 Å². The molecule has 1 atom stereocenters. The third kappa shape index (κ3) is 3.57. The molecule has 1 aliphatic heterocycles. The van der Waals surface area contributed by atoms with Crippen LogP contribution in [0.15, 0.2) is 28.8 Å². The first-order valence-corrected chi connectivity index (χ1v) is 8.56. The van der Waals surface area contributed by atoms with Gasteiger partial charge in [0.25, 0.3) is 0 Å². The Hall–Kier alpha value is -1.09. The molecule has 2 aliphatic carbocycles. The summed E-state index contributed by atoms with van der Waals surface area (Å²) in [5, 5.41) is 0. The second kappa shape index (κ2) is 7.26.